The first-order valence-corrected chi connectivity index (χ1v) is 8.47. The van der Waals surface area contributed by atoms with Gasteiger partial charge in [0.15, 0.2) is 0 Å². The summed E-state index contributed by atoms with van der Waals surface area (Å²) in [4.78, 5) is 18.8. The number of hydrogen-bond acceptors (Lipinski definition) is 3. The normalized spacial score (nSPS) is 19.0. The van der Waals surface area contributed by atoms with Gasteiger partial charge in [-0.15, -0.1) is 12.4 Å². The zero-order valence-corrected chi connectivity index (χ0v) is 15.3. The van der Waals surface area contributed by atoms with E-state index in [2.05, 4.69) is 31.1 Å². The number of amides is 1. The molecule has 2 unspecified atom stereocenters. The molecule has 4 nitrogen and oxygen atoms in total. The van der Waals surface area contributed by atoms with Gasteiger partial charge in [0.2, 0.25) is 5.91 Å². The quantitative estimate of drug-likeness (QED) is 0.865. The lowest BCUT2D eigenvalue weighted by atomic mass is 9.85. The number of carbonyl (C=O) groups is 1. The predicted molar refractivity (Wildman–Crippen MR) is 96.5 cm³/mol. The molecule has 1 aliphatic rings. The molecule has 130 valence electrons. The van der Waals surface area contributed by atoms with Crippen molar-refractivity contribution in [2.45, 2.75) is 52.6 Å². The molecule has 1 aromatic rings. The van der Waals surface area contributed by atoms with Gasteiger partial charge >= 0.3 is 0 Å². The van der Waals surface area contributed by atoms with Crippen LogP contribution in [0.1, 0.15) is 45.6 Å². The van der Waals surface area contributed by atoms with Crippen molar-refractivity contribution < 1.29 is 4.79 Å². The first kappa shape index (κ1) is 19.9. The van der Waals surface area contributed by atoms with Crippen molar-refractivity contribution in [2.75, 3.05) is 13.1 Å². The molecule has 0 aliphatic carbocycles. The number of nitrogens with zero attached hydrogens (tertiary/aromatic N) is 2. The van der Waals surface area contributed by atoms with Crippen molar-refractivity contribution in [1.29, 1.82) is 0 Å². The van der Waals surface area contributed by atoms with Crippen LogP contribution in [-0.4, -0.2) is 34.9 Å². The van der Waals surface area contributed by atoms with E-state index in [0.717, 1.165) is 18.7 Å². The van der Waals surface area contributed by atoms with E-state index in [9.17, 15) is 4.79 Å². The Balaban J connectivity index is 0.00000264. The summed E-state index contributed by atoms with van der Waals surface area (Å²) in [5, 5.41) is 3.45. The zero-order valence-electron chi connectivity index (χ0n) is 14.5. The number of hydrogen-bond donors (Lipinski definition) is 1. The minimum atomic E-state index is 0. The van der Waals surface area contributed by atoms with Crippen LogP contribution in [0.4, 0.5) is 0 Å². The molecule has 2 atom stereocenters. The van der Waals surface area contributed by atoms with Crippen molar-refractivity contribution in [3.8, 4) is 0 Å². The third kappa shape index (κ3) is 6.11. The maximum atomic E-state index is 12.7. The monoisotopic (exact) mass is 339 g/mol. The Kier molecular flexibility index (Phi) is 8.56. The molecule has 0 aromatic carbocycles. The van der Waals surface area contributed by atoms with E-state index in [1.807, 2.05) is 23.2 Å². The van der Waals surface area contributed by atoms with Gasteiger partial charge in [-0.05, 0) is 63.2 Å². The molecule has 1 N–H and O–H groups in total. The van der Waals surface area contributed by atoms with Crippen LogP contribution >= 0.6 is 12.4 Å². The Morgan fingerprint density at radius 1 is 1.43 bits per heavy atom. The van der Waals surface area contributed by atoms with Gasteiger partial charge in [-0.3, -0.25) is 9.78 Å². The molecule has 2 heterocycles. The minimum Gasteiger partial charge on any atom is -0.336 e. The number of rotatable bonds is 6. The van der Waals surface area contributed by atoms with Crippen LogP contribution in [0, 0.1) is 11.8 Å². The molecule has 0 radical (unpaired) electrons. The van der Waals surface area contributed by atoms with Gasteiger partial charge in [0, 0.05) is 31.4 Å². The lowest BCUT2D eigenvalue weighted by molar-refractivity contribution is -0.135. The molecule has 23 heavy (non-hydrogen) atoms. The van der Waals surface area contributed by atoms with Crippen LogP contribution in [0.25, 0.3) is 0 Å². The molecular formula is C18H30ClN3O. The molecule has 1 fully saturated rings. The molecule has 0 bridgehead atoms. The average Bonchev–Trinajstić information content (AvgIpc) is 2.54. The van der Waals surface area contributed by atoms with Gasteiger partial charge in [-0.2, -0.15) is 0 Å². The fourth-order valence-corrected chi connectivity index (χ4v) is 3.17. The number of pyridine rings is 1. The second-order valence-electron chi connectivity index (χ2n) is 6.76. The van der Waals surface area contributed by atoms with E-state index >= 15 is 0 Å². The molecule has 5 heteroatoms. The summed E-state index contributed by atoms with van der Waals surface area (Å²) in [6, 6.07) is 4.17. The maximum absolute atomic E-state index is 12.7. The van der Waals surface area contributed by atoms with E-state index in [1.54, 1.807) is 6.20 Å². The van der Waals surface area contributed by atoms with Gasteiger partial charge in [0.25, 0.3) is 0 Å². The average molecular weight is 340 g/mol. The number of carbonyl (C=O) groups excluding carboxylic acids is 1. The van der Waals surface area contributed by atoms with Gasteiger partial charge in [0.1, 0.15) is 0 Å². The summed E-state index contributed by atoms with van der Waals surface area (Å²) in [5.41, 5.74) is 1.09. The second-order valence-corrected chi connectivity index (χ2v) is 6.76. The largest absolute Gasteiger partial charge is 0.336 e. The first-order chi connectivity index (χ1) is 10.6. The van der Waals surface area contributed by atoms with Gasteiger partial charge < -0.3 is 10.2 Å². The minimum absolute atomic E-state index is 0. The Hall–Kier alpha value is -1.13. The van der Waals surface area contributed by atoms with E-state index < -0.39 is 0 Å². The van der Waals surface area contributed by atoms with Crippen molar-refractivity contribution >= 4 is 18.3 Å². The summed E-state index contributed by atoms with van der Waals surface area (Å²) in [5.74, 6) is 1.33. The molecule has 0 spiro atoms. The smallest absolute Gasteiger partial charge is 0.223 e. The van der Waals surface area contributed by atoms with Gasteiger partial charge in [0.05, 0.1) is 0 Å². The molecule has 1 amide bonds. The van der Waals surface area contributed by atoms with Crippen LogP contribution in [0.5, 0.6) is 0 Å². The zero-order chi connectivity index (χ0) is 15.9. The van der Waals surface area contributed by atoms with Crippen molar-refractivity contribution in [3.63, 3.8) is 0 Å². The molecule has 1 aliphatic heterocycles. The lowest BCUT2D eigenvalue weighted by Gasteiger charge is -2.32. The third-order valence-electron chi connectivity index (χ3n) is 4.66. The lowest BCUT2D eigenvalue weighted by Crippen LogP contribution is -2.39. The number of piperidine rings is 1. The number of nitrogens with one attached hydrogen (secondary N) is 1. The summed E-state index contributed by atoms with van der Waals surface area (Å²) in [6.45, 7) is 9.22. The Morgan fingerprint density at radius 2 is 2.22 bits per heavy atom. The van der Waals surface area contributed by atoms with E-state index in [4.69, 9.17) is 0 Å². The van der Waals surface area contributed by atoms with E-state index in [1.165, 1.54) is 12.8 Å². The van der Waals surface area contributed by atoms with Crippen molar-refractivity contribution in [1.82, 2.24) is 15.2 Å². The van der Waals surface area contributed by atoms with Gasteiger partial charge in [-0.1, -0.05) is 13.0 Å². The van der Waals surface area contributed by atoms with Gasteiger partial charge in [-0.25, -0.2) is 0 Å². The molecule has 2 rings (SSSR count). The number of aromatic nitrogens is 1. The van der Waals surface area contributed by atoms with E-state index in [-0.39, 0.29) is 24.4 Å². The highest BCUT2D eigenvalue weighted by molar-refractivity contribution is 5.85. The SMILES string of the molecule is CC(CC(=O)N(Cc1cccnc1)C(C)C)C1CCCNC1.Cl. The fraction of sp³-hybridized carbons (Fsp3) is 0.667. The Bertz CT molecular complexity index is 461. The third-order valence-corrected chi connectivity index (χ3v) is 4.66. The first-order valence-electron chi connectivity index (χ1n) is 8.47. The summed E-state index contributed by atoms with van der Waals surface area (Å²) >= 11 is 0. The molecule has 1 saturated heterocycles. The highest BCUT2D eigenvalue weighted by Gasteiger charge is 2.25. The predicted octanol–water partition coefficient (Wildman–Crippen LogP) is 3.27. The topological polar surface area (TPSA) is 45.2 Å². The number of halogens is 1. The molecule has 0 saturated carbocycles. The van der Waals surface area contributed by atoms with Crippen LogP contribution in [0.15, 0.2) is 24.5 Å². The Morgan fingerprint density at radius 3 is 2.78 bits per heavy atom. The summed E-state index contributed by atoms with van der Waals surface area (Å²) in [7, 11) is 0. The molecule has 1 aromatic heterocycles. The van der Waals surface area contributed by atoms with Crippen LogP contribution in [-0.2, 0) is 11.3 Å². The van der Waals surface area contributed by atoms with Crippen LogP contribution < -0.4 is 5.32 Å². The highest BCUT2D eigenvalue weighted by atomic mass is 35.5. The van der Waals surface area contributed by atoms with Crippen molar-refractivity contribution in [3.05, 3.63) is 30.1 Å². The van der Waals surface area contributed by atoms with Crippen LogP contribution in [0.3, 0.4) is 0 Å². The van der Waals surface area contributed by atoms with Crippen molar-refractivity contribution in [2.24, 2.45) is 11.8 Å². The standard InChI is InChI=1S/C18H29N3O.ClH/c1-14(2)21(13-16-6-4-8-19-11-16)18(22)10-15(3)17-7-5-9-20-12-17;/h4,6,8,11,14-15,17,20H,5,7,9-10,12-13H2,1-3H3;1H. The highest BCUT2D eigenvalue weighted by Crippen LogP contribution is 2.24. The summed E-state index contributed by atoms with van der Waals surface area (Å²) in [6.07, 6.45) is 6.73. The van der Waals surface area contributed by atoms with E-state index in [0.29, 0.717) is 24.8 Å². The Labute approximate surface area is 146 Å². The molecular weight excluding hydrogens is 310 g/mol. The maximum Gasteiger partial charge on any atom is 0.223 e. The summed E-state index contributed by atoms with van der Waals surface area (Å²) < 4.78 is 0. The second kappa shape index (κ2) is 9.89. The fourth-order valence-electron chi connectivity index (χ4n) is 3.17. The van der Waals surface area contributed by atoms with Crippen LogP contribution in [0.2, 0.25) is 0 Å².